The standard InChI is InChI=1S/C20H20F3N5O/c1-4-15-8-17(29)28-18(25-15)11(2)12(3)19(26-28)27-6-5-16-13(10-27)7-14(9-24-16)20(21,22)23/h7-9H,4-6,10H2,1-3H3. The molecule has 0 amide bonds. The summed E-state index contributed by atoms with van der Waals surface area (Å²) in [6.07, 6.45) is -2.40. The molecule has 0 radical (unpaired) electrons. The molecule has 0 fully saturated rings. The van der Waals surface area contributed by atoms with Gasteiger partial charge in [0.2, 0.25) is 0 Å². The highest BCUT2D eigenvalue weighted by molar-refractivity contribution is 5.60. The third-order valence-electron chi connectivity index (χ3n) is 5.41. The minimum Gasteiger partial charge on any atom is -0.350 e. The van der Waals surface area contributed by atoms with Crippen molar-refractivity contribution in [3.8, 4) is 0 Å². The van der Waals surface area contributed by atoms with E-state index in [-0.39, 0.29) is 12.1 Å². The van der Waals surface area contributed by atoms with Crippen molar-refractivity contribution in [2.45, 2.75) is 46.3 Å². The van der Waals surface area contributed by atoms with E-state index in [9.17, 15) is 18.0 Å². The molecule has 29 heavy (non-hydrogen) atoms. The van der Waals surface area contributed by atoms with E-state index < -0.39 is 11.7 Å². The normalized spacial score (nSPS) is 14.3. The second kappa shape index (κ2) is 6.82. The molecular formula is C20H20F3N5O. The molecule has 0 bridgehead atoms. The van der Waals surface area contributed by atoms with Crippen molar-refractivity contribution in [3.63, 3.8) is 0 Å². The molecule has 0 aromatic carbocycles. The van der Waals surface area contributed by atoms with Gasteiger partial charge in [0.1, 0.15) is 0 Å². The molecule has 0 spiro atoms. The van der Waals surface area contributed by atoms with Crippen molar-refractivity contribution in [2.24, 2.45) is 0 Å². The number of nitrogens with zero attached hydrogens (tertiary/aromatic N) is 5. The van der Waals surface area contributed by atoms with E-state index in [4.69, 9.17) is 0 Å². The topological polar surface area (TPSA) is 63.4 Å². The van der Waals surface area contributed by atoms with Crippen LogP contribution in [0.15, 0.2) is 23.1 Å². The van der Waals surface area contributed by atoms with Gasteiger partial charge in [0.15, 0.2) is 11.5 Å². The molecule has 1 aliphatic rings. The fourth-order valence-electron chi connectivity index (χ4n) is 3.61. The van der Waals surface area contributed by atoms with Gasteiger partial charge in [0.25, 0.3) is 5.56 Å². The van der Waals surface area contributed by atoms with Crippen LogP contribution in [0.4, 0.5) is 19.0 Å². The fourth-order valence-corrected chi connectivity index (χ4v) is 3.61. The highest BCUT2D eigenvalue weighted by Crippen LogP contribution is 2.32. The molecule has 3 aromatic heterocycles. The maximum Gasteiger partial charge on any atom is 0.417 e. The molecule has 0 N–H and O–H groups in total. The molecule has 0 saturated heterocycles. The number of hydrogen-bond acceptors (Lipinski definition) is 5. The summed E-state index contributed by atoms with van der Waals surface area (Å²) < 4.78 is 40.5. The number of pyridine rings is 1. The number of aromatic nitrogens is 4. The first-order chi connectivity index (χ1) is 13.7. The Morgan fingerprint density at radius 1 is 1.17 bits per heavy atom. The van der Waals surface area contributed by atoms with E-state index in [0.717, 1.165) is 23.4 Å². The zero-order chi connectivity index (χ0) is 20.9. The van der Waals surface area contributed by atoms with Crippen molar-refractivity contribution in [1.29, 1.82) is 0 Å². The van der Waals surface area contributed by atoms with E-state index >= 15 is 0 Å². The first-order valence-corrected chi connectivity index (χ1v) is 9.39. The summed E-state index contributed by atoms with van der Waals surface area (Å²) in [6, 6.07) is 2.61. The van der Waals surface area contributed by atoms with Crippen LogP contribution in [0.3, 0.4) is 0 Å². The van der Waals surface area contributed by atoms with Crippen LogP contribution >= 0.6 is 0 Å². The lowest BCUT2D eigenvalue weighted by molar-refractivity contribution is -0.137. The SMILES string of the molecule is CCc1cc(=O)n2nc(N3CCc4ncc(C(F)(F)F)cc4C3)c(C)c(C)c2n1. The molecule has 9 heteroatoms. The van der Waals surface area contributed by atoms with Crippen LogP contribution in [-0.2, 0) is 25.6 Å². The predicted molar refractivity (Wildman–Crippen MR) is 102 cm³/mol. The van der Waals surface area contributed by atoms with Crippen LogP contribution in [0.2, 0.25) is 0 Å². The van der Waals surface area contributed by atoms with E-state index in [1.165, 1.54) is 10.6 Å². The van der Waals surface area contributed by atoms with Gasteiger partial charge in [0.05, 0.1) is 5.56 Å². The Morgan fingerprint density at radius 3 is 2.62 bits per heavy atom. The number of hydrogen-bond donors (Lipinski definition) is 0. The summed E-state index contributed by atoms with van der Waals surface area (Å²) in [4.78, 5) is 22.9. The Hall–Kier alpha value is -2.97. The van der Waals surface area contributed by atoms with Crippen molar-refractivity contribution >= 4 is 11.5 Å². The summed E-state index contributed by atoms with van der Waals surface area (Å²) in [5.41, 5.74) is 3.05. The van der Waals surface area contributed by atoms with Crippen LogP contribution < -0.4 is 10.5 Å². The minimum absolute atomic E-state index is 0.250. The summed E-state index contributed by atoms with van der Waals surface area (Å²) in [7, 11) is 0. The van der Waals surface area contributed by atoms with E-state index in [0.29, 0.717) is 47.8 Å². The lowest BCUT2D eigenvalue weighted by Crippen LogP contribution is -2.34. The van der Waals surface area contributed by atoms with Crippen LogP contribution in [-0.4, -0.2) is 26.1 Å². The molecule has 3 aromatic rings. The quantitative estimate of drug-likeness (QED) is 0.657. The molecule has 6 nitrogen and oxygen atoms in total. The smallest absolute Gasteiger partial charge is 0.350 e. The van der Waals surface area contributed by atoms with Crippen molar-refractivity contribution in [1.82, 2.24) is 19.6 Å². The molecule has 4 heterocycles. The molecule has 152 valence electrons. The van der Waals surface area contributed by atoms with Gasteiger partial charge in [-0.05, 0) is 31.9 Å². The third-order valence-corrected chi connectivity index (χ3v) is 5.41. The van der Waals surface area contributed by atoms with Crippen molar-refractivity contribution in [3.05, 3.63) is 62.3 Å². The lowest BCUT2D eigenvalue weighted by Gasteiger charge is -2.31. The largest absolute Gasteiger partial charge is 0.417 e. The summed E-state index contributed by atoms with van der Waals surface area (Å²) in [5.74, 6) is 0.575. The maximum absolute atomic E-state index is 13.1. The Bertz CT molecular complexity index is 1170. The number of rotatable bonds is 2. The Morgan fingerprint density at radius 2 is 1.93 bits per heavy atom. The van der Waals surface area contributed by atoms with Gasteiger partial charge in [0, 0.05) is 54.3 Å². The second-order valence-electron chi connectivity index (χ2n) is 7.25. The number of anilines is 1. The molecule has 0 saturated carbocycles. The molecular weight excluding hydrogens is 383 g/mol. The van der Waals surface area contributed by atoms with Crippen molar-refractivity contribution in [2.75, 3.05) is 11.4 Å². The zero-order valence-electron chi connectivity index (χ0n) is 16.3. The average Bonchev–Trinajstić information content (AvgIpc) is 2.69. The first-order valence-electron chi connectivity index (χ1n) is 9.39. The first kappa shape index (κ1) is 19.4. The van der Waals surface area contributed by atoms with E-state index in [1.807, 2.05) is 25.7 Å². The van der Waals surface area contributed by atoms with Gasteiger partial charge in [-0.25, -0.2) is 4.98 Å². The van der Waals surface area contributed by atoms with Gasteiger partial charge < -0.3 is 4.90 Å². The molecule has 0 aliphatic carbocycles. The maximum atomic E-state index is 13.1. The van der Waals surface area contributed by atoms with Crippen LogP contribution in [0, 0.1) is 13.8 Å². The number of alkyl halides is 3. The molecule has 1 aliphatic heterocycles. The Balaban J connectivity index is 1.79. The van der Waals surface area contributed by atoms with Crippen molar-refractivity contribution < 1.29 is 13.2 Å². The summed E-state index contributed by atoms with van der Waals surface area (Å²) in [5, 5.41) is 4.50. The van der Waals surface area contributed by atoms with E-state index in [2.05, 4.69) is 15.1 Å². The van der Waals surface area contributed by atoms with Crippen LogP contribution in [0.25, 0.3) is 5.65 Å². The highest BCUT2D eigenvalue weighted by atomic mass is 19.4. The monoisotopic (exact) mass is 403 g/mol. The number of fused-ring (bicyclic) bond motifs is 2. The minimum atomic E-state index is -4.44. The van der Waals surface area contributed by atoms with Gasteiger partial charge in [-0.1, -0.05) is 6.92 Å². The Labute approximate surface area is 165 Å². The van der Waals surface area contributed by atoms with Gasteiger partial charge in [-0.15, -0.1) is 5.10 Å². The zero-order valence-corrected chi connectivity index (χ0v) is 16.3. The lowest BCUT2D eigenvalue weighted by atomic mass is 10.0. The Kier molecular flexibility index (Phi) is 4.55. The van der Waals surface area contributed by atoms with Crippen LogP contribution in [0.5, 0.6) is 0 Å². The van der Waals surface area contributed by atoms with Crippen LogP contribution in [0.1, 0.15) is 40.6 Å². The molecule has 4 rings (SSSR count). The van der Waals surface area contributed by atoms with Gasteiger partial charge in [-0.3, -0.25) is 9.78 Å². The summed E-state index contributed by atoms with van der Waals surface area (Å²) >= 11 is 0. The van der Waals surface area contributed by atoms with E-state index in [1.54, 1.807) is 0 Å². The molecule has 0 atom stereocenters. The molecule has 0 unspecified atom stereocenters. The fraction of sp³-hybridized carbons (Fsp3) is 0.400. The number of halogens is 3. The summed E-state index contributed by atoms with van der Waals surface area (Å²) in [6.45, 7) is 6.50. The predicted octanol–water partition coefficient (Wildman–Crippen LogP) is 3.25. The highest BCUT2D eigenvalue weighted by Gasteiger charge is 2.33. The third kappa shape index (κ3) is 3.34. The average molecular weight is 403 g/mol. The van der Waals surface area contributed by atoms with Gasteiger partial charge in [-0.2, -0.15) is 17.7 Å². The van der Waals surface area contributed by atoms with Gasteiger partial charge >= 0.3 is 6.18 Å². The number of aryl methyl sites for hydroxylation is 2. The second-order valence-corrected chi connectivity index (χ2v) is 7.25.